The molecular weight excluding hydrogens is 316 g/mol. The standard InChI is InChI=1S/C16H17ClN4O2/c1-19-11-12(2-3-15(19)22)16(23)21-8-6-20(7-9-21)14-4-5-18-10-13(14)17/h2-5,10-11H,6-9H2,1H3. The van der Waals surface area contributed by atoms with E-state index >= 15 is 0 Å². The summed E-state index contributed by atoms with van der Waals surface area (Å²) in [6.45, 7) is 2.64. The summed E-state index contributed by atoms with van der Waals surface area (Å²) in [7, 11) is 1.64. The first kappa shape index (κ1) is 15.6. The molecule has 0 saturated carbocycles. The number of carbonyl (C=O) groups is 1. The lowest BCUT2D eigenvalue weighted by Crippen LogP contribution is -2.49. The summed E-state index contributed by atoms with van der Waals surface area (Å²) in [5, 5.41) is 0.616. The molecule has 0 atom stereocenters. The van der Waals surface area contributed by atoms with Crippen molar-refractivity contribution in [2.45, 2.75) is 0 Å². The van der Waals surface area contributed by atoms with Crippen molar-refractivity contribution in [3.63, 3.8) is 0 Å². The minimum atomic E-state index is -0.126. The van der Waals surface area contributed by atoms with Crippen LogP contribution in [-0.2, 0) is 7.05 Å². The predicted octanol–water partition coefficient (Wildman–Crippen LogP) is 1.40. The van der Waals surface area contributed by atoms with Crippen molar-refractivity contribution in [1.82, 2.24) is 14.5 Å². The lowest BCUT2D eigenvalue weighted by Gasteiger charge is -2.36. The third-order valence-corrected chi connectivity index (χ3v) is 4.28. The molecule has 0 aromatic carbocycles. The van der Waals surface area contributed by atoms with E-state index in [4.69, 9.17) is 11.6 Å². The maximum atomic E-state index is 12.5. The van der Waals surface area contributed by atoms with Crippen LogP contribution in [0.1, 0.15) is 10.4 Å². The quantitative estimate of drug-likeness (QED) is 0.834. The van der Waals surface area contributed by atoms with Crippen LogP contribution >= 0.6 is 11.6 Å². The van der Waals surface area contributed by atoms with Gasteiger partial charge in [0.25, 0.3) is 5.91 Å². The molecule has 2 aromatic rings. The van der Waals surface area contributed by atoms with Crippen molar-refractivity contribution in [2.75, 3.05) is 31.1 Å². The van der Waals surface area contributed by atoms with E-state index in [2.05, 4.69) is 9.88 Å². The van der Waals surface area contributed by atoms with Crippen LogP contribution < -0.4 is 10.5 Å². The first-order valence-electron chi connectivity index (χ1n) is 7.36. The van der Waals surface area contributed by atoms with Gasteiger partial charge in [0.05, 0.1) is 16.3 Å². The topological polar surface area (TPSA) is 58.4 Å². The summed E-state index contributed by atoms with van der Waals surface area (Å²) in [5.41, 5.74) is 1.34. The molecule has 23 heavy (non-hydrogen) atoms. The van der Waals surface area contributed by atoms with Gasteiger partial charge in [0.1, 0.15) is 0 Å². The lowest BCUT2D eigenvalue weighted by atomic mass is 10.2. The van der Waals surface area contributed by atoms with Gasteiger partial charge < -0.3 is 14.4 Å². The summed E-state index contributed by atoms with van der Waals surface area (Å²) in [6, 6.07) is 4.88. The zero-order valence-electron chi connectivity index (χ0n) is 12.8. The number of hydrogen-bond acceptors (Lipinski definition) is 4. The van der Waals surface area contributed by atoms with E-state index in [1.165, 1.54) is 10.6 Å². The van der Waals surface area contributed by atoms with Crippen molar-refractivity contribution in [3.8, 4) is 0 Å². The molecule has 3 heterocycles. The molecule has 1 saturated heterocycles. The van der Waals surface area contributed by atoms with Gasteiger partial charge in [-0.05, 0) is 12.1 Å². The molecule has 0 N–H and O–H groups in total. The van der Waals surface area contributed by atoms with Crippen LogP contribution in [0.2, 0.25) is 5.02 Å². The van der Waals surface area contributed by atoms with Gasteiger partial charge in [-0.3, -0.25) is 14.6 Å². The second kappa shape index (κ2) is 6.42. The minimum absolute atomic E-state index is 0.0546. The van der Waals surface area contributed by atoms with Crippen LogP contribution in [0.15, 0.2) is 41.6 Å². The number of aryl methyl sites for hydroxylation is 1. The van der Waals surface area contributed by atoms with Crippen molar-refractivity contribution in [1.29, 1.82) is 0 Å². The largest absolute Gasteiger partial charge is 0.367 e. The average Bonchev–Trinajstić information content (AvgIpc) is 2.57. The maximum absolute atomic E-state index is 12.5. The molecule has 0 aliphatic carbocycles. The van der Waals surface area contributed by atoms with Crippen molar-refractivity contribution in [2.24, 2.45) is 7.05 Å². The molecule has 3 rings (SSSR count). The van der Waals surface area contributed by atoms with Gasteiger partial charge in [0.2, 0.25) is 5.56 Å². The van der Waals surface area contributed by atoms with Crippen molar-refractivity contribution < 1.29 is 4.79 Å². The van der Waals surface area contributed by atoms with Gasteiger partial charge in [0, 0.05) is 57.9 Å². The van der Waals surface area contributed by atoms with Gasteiger partial charge in [-0.1, -0.05) is 11.6 Å². The summed E-state index contributed by atoms with van der Waals surface area (Å²) in [4.78, 5) is 31.9. The fourth-order valence-corrected chi connectivity index (χ4v) is 2.92. The number of pyridine rings is 2. The molecule has 1 fully saturated rings. The van der Waals surface area contributed by atoms with Gasteiger partial charge in [-0.25, -0.2) is 0 Å². The Bertz CT molecular complexity index is 782. The van der Waals surface area contributed by atoms with Crippen molar-refractivity contribution in [3.05, 3.63) is 57.7 Å². The van der Waals surface area contributed by atoms with Crippen LogP contribution in [0.4, 0.5) is 5.69 Å². The van der Waals surface area contributed by atoms with E-state index in [0.29, 0.717) is 36.8 Å². The molecule has 0 spiro atoms. The Morgan fingerprint density at radius 2 is 1.91 bits per heavy atom. The smallest absolute Gasteiger partial charge is 0.255 e. The number of piperazine rings is 1. The molecule has 6 nitrogen and oxygen atoms in total. The Morgan fingerprint density at radius 1 is 1.17 bits per heavy atom. The molecular formula is C16H17ClN4O2. The monoisotopic (exact) mass is 332 g/mol. The number of halogens is 1. The van der Waals surface area contributed by atoms with E-state index in [0.717, 1.165) is 5.69 Å². The van der Waals surface area contributed by atoms with Crippen LogP contribution in [0.25, 0.3) is 0 Å². The van der Waals surface area contributed by atoms with Crippen LogP contribution in [0, 0.1) is 0 Å². The Morgan fingerprint density at radius 3 is 2.57 bits per heavy atom. The molecule has 1 aliphatic rings. The normalized spacial score (nSPS) is 14.9. The van der Waals surface area contributed by atoms with Crippen LogP contribution in [-0.4, -0.2) is 46.5 Å². The molecule has 120 valence electrons. The summed E-state index contributed by atoms with van der Waals surface area (Å²) < 4.78 is 1.42. The van der Waals surface area contributed by atoms with Crippen LogP contribution in [0.3, 0.4) is 0 Å². The first-order valence-corrected chi connectivity index (χ1v) is 7.74. The number of carbonyl (C=O) groups excluding carboxylic acids is 1. The predicted molar refractivity (Wildman–Crippen MR) is 89.0 cm³/mol. The summed E-state index contributed by atoms with van der Waals surface area (Å²) in [5.74, 6) is -0.0546. The van der Waals surface area contributed by atoms with E-state index < -0.39 is 0 Å². The van der Waals surface area contributed by atoms with Gasteiger partial charge in [0.15, 0.2) is 0 Å². The Hall–Kier alpha value is -2.34. The molecule has 1 amide bonds. The number of hydrogen-bond donors (Lipinski definition) is 0. The van der Waals surface area contributed by atoms with E-state index in [-0.39, 0.29) is 11.5 Å². The van der Waals surface area contributed by atoms with Gasteiger partial charge in [-0.15, -0.1) is 0 Å². The average molecular weight is 333 g/mol. The summed E-state index contributed by atoms with van der Waals surface area (Å²) in [6.07, 6.45) is 4.92. The van der Waals surface area contributed by atoms with Crippen molar-refractivity contribution >= 4 is 23.2 Å². The number of anilines is 1. The van der Waals surface area contributed by atoms with E-state index in [9.17, 15) is 9.59 Å². The zero-order chi connectivity index (χ0) is 16.4. The number of rotatable bonds is 2. The molecule has 2 aromatic heterocycles. The number of nitrogens with zero attached hydrogens (tertiary/aromatic N) is 4. The minimum Gasteiger partial charge on any atom is -0.367 e. The highest BCUT2D eigenvalue weighted by atomic mass is 35.5. The SMILES string of the molecule is Cn1cc(C(=O)N2CCN(c3ccncc3Cl)CC2)ccc1=O. The zero-order valence-corrected chi connectivity index (χ0v) is 13.5. The van der Waals surface area contributed by atoms with Gasteiger partial charge >= 0.3 is 0 Å². The fraction of sp³-hybridized carbons (Fsp3) is 0.312. The Labute approximate surface area is 138 Å². The maximum Gasteiger partial charge on any atom is 0.255 e. The second-order valence-electron chi connectivity index (χ2n) is 5.47. The highest BCUT2D eigenvalue weighted by Gasteiger charge is 2.23. The summed E-state index contributed by atoms with van der Waals surface area (Å²) >= 11 is 6.17. The number of amides is 1. The Kier molecular flexibility index (Phi) is 4.34. The molecule has 1 aliphatic heterocycles. The van der Waals surface area contributed by atoms with Crippen LogP contribution in [0.5, 0.6) is 0 Å². The third kappa shape index (κ3) is 3.22. The molecule has 7 heteroatoms. The number of aromatic nitrogens is 2. The van der Waals surface area contributed by atoms with E-state index in [1.807, 2.05) is 6.07 Å². The molecule has 0 bridgehead atoms. The van der Waals surface area contributed by atoms with E-state index in [1.54, 1.807) is 36.6 Å². The first-order chi connectivity index (χ1) is 11.1. The fourth-order valence-electron chi connectivity index (χ4n) is 2.68. The second-order valence-corrected chi connectivity index (χ2v) is 5.88. The molecule has 0 unspecified atom stereocenters. The third-order valence-electron chi connectivity index (χ3n) is 3.99. The molecule has 0 radical (unpaired) electrons. The highest BCUT2D eigenvalue weighted by molar-refractivity contribution is 6.33. The van der Waals surface area contributed by atoms with Gasteiger partial charge in [-0.2, -0.15) is 0 Å². The highest BCUT2D eigenvalue weighted by Crippen LogP contribution is 2.25. The Balaban J connectivity index is 1.69. The lowest BCUT2D eigenvalue weighted by molar-refractivity contribution is 0.0746.